The highest BCUT2D eigenvalue weighted by atomic mass is 19.1. The molecule has 14 heavy (non-hydrogen) atoms. The first-order chi connectivity index (χ1) is 6.74. The van der Waals surface area contributed by atoms with Crippen LogP contribution < -0.4 is 5.32 Å². The maximum atomic E-state index is 13.1. The van der Waals surface area contributed by atoms with Crippen LogP contribution in [0.25, 0.3) is 0 Å². The van der Waals surface area contributed by atoms with E-state index in [-0.39, 0.29) is 11.9 Å². The molecule has 1 N–H and O–H groups in total. The smallest absolute Gasteiger partial charge is 0.126 e. The zero-order valence-corrected chi connectivity index (χ0v) is 8.13. The van der Waals surface area contributed by atoms with Gasteiger partial charge >= 0.3 is 0 Å². The average molecular weight is 192 g/mol. The summed E-state index contributed by atoms with van der Waals surface area (Å²) in [5.74, 6) is -0.182. The molecule has 1 aromatic rings. The Kier molecular flexibility index (Phi) is 4.09. The van der Waals surface area contributed by atoms with Crippen LogP contribution in [0.1, 0.15) is 12.5 Å². The van der Waals surface area contributed by atoms with Crippen LogP contribution in [0.4, 0.5) is 4.39 Å². The summed E-state index contributed by atoms with van der Waals surface area (Å²) in [4.78, 5) is 0. The van der Waals surface area contributed by atoms with E-state index >= 15 is 0 Å². The summed E-state index contributed by atoms with van der Waals surface area (Å²) in [6.45, 7) is 2.40. The third-order valence-electron chi connectivity index (χ3n) is 2.00. The van der Waals surface area contributed by atoms with Crippen LogP contribution in [0.5, 0.6) is 0 Å². The van der Waals surface area contributed by atoms with Crippen LogP contribution in [0.2, 0.25) is 0 Å². The van der Waals surface area contributed by atoms with Crippen molar-refractivity contribution in [2.24, 2.45) is 0 Å². The van der Waals surface area contributed by atoms with Gasteiger partial charge in [-0.2, -0.15) is 5.26 Å². The van der Waals surface area contributed by atoms with Crippen molar-refractivity contribution < 1.29 is 4.39 Å². The summed E-state index contributed by atoms with van der Waals surface area (Å²) in [5, 5.41) is 11.5. The summed E-state index contributed by atoms with van der Waals surface area (Å²) >= 11 is 0. The normalized spacial score (nSPS) is 12.1. The van der Waals surface area contributed by atoms with Crippen molar-refractivity contribution in [3.8, 4) is 6.07 Å². The Bertz CT molecular complexity index is 330. The molecule has 0 aromatic heterocycles. The first-order valence-corrected chi connectivity index (χ1v) is 4.60. The summed E-state index contributed by atoms with van der Waals surface area (Å²) in [5.41, 5.74) is 0.685. The zero-order chi connectivity index (χ0) is 10.4. The van der Waals surface area contributed by atoms with E-state index in [0.29, 0.717) is 18.5 Å². The molecule has 0 aliphatic heterocycles. The van der Waals surface area contributed by atoms with Crippen LogP contribution in [-0.2, 0) is 6.42 Å². The number of nitriles is 1. The minimum atomic E-state index is -0.182. The molecule has 0 saturated heterocycles. The van der Waals surface area contributed by atoms with Gasteiger partial charge in [0.25, 0.3) is 0 Å². The molecule has 2 nitrogen and oxygen atoms in total. The van der Waals surface area contributed by atoms with E-state index < -0.39 is 0 Å². The Hall–Kier alpha value is -1.40. The lowest BCUT2D eigenvalue weighted by atomic mass is 10.1. The highest BCUT2D eigenvalue weighted by molar-refractivity contribution is 5.17. The monoisotopic (exact) mass is 192 g/mol. The first kappa shape index (κ1) is 10.7. The minimum absolute atomic E-state index is 0.179. The molecule has 3 heteroatoms. The maximum absolute atomic E-state index is 13.1. The molecule has 0 fully saturated rings. The van der Waals surface area contributed by atoms with Gasteiger partial charge in [-0.25, -0.2) is 4.39 Å². The van der Waals surface area contributed by atoms with Gasteiger partial charge in [-0.15, -0.1) is 0 Å². The number of benzene rings is 1. The SMILES string of the molecule is CC(C#N)NCCc1ccccc1F. The van der Waals surface area contributed by atoms with Crippen molar-refractivity contribution in [3.05, 3.63) is 35.6 Å². The molecule has 0 aliphatic rings. The highest BCUT2D eigenvalue weighted by Crippen LogP contribution is 2.06. The van der Waals surface area contributed by atoms with Crippen molar-refractivity contribution in [2.45, 2.75) is 19.4 Å². The molecule has 74 valence electrons. The fourth-order valence-corrected chi connectivity index (χ4v) is 1.17. The molecule has 1 rings (SSSR count). The first-order valence-electron chi connectivity index (χ1n) is 4.60. The molecule has 0 spiro atoms. The van der Waals surface area contributed by atoms with Gasteiger partial charge in [0, 0.05) is 6.54 Å². The number of hydrogen-bond donors (Lipinski definition) is 1. The van der Waals surface area contributed by atoms with E-state index in [0.717, 1.165) is 0 Å². The minimum Gasteiger partial charge on any atom is -0.302 e. The summed E-state index contributed by atoms with van der Waals surface area (Å²) in [6.07, 6.45) is 0.610. The standard InChI is InChI=1S/C11H13FN2/c1-9(8-13)14-7-6-10-4-2-3-5-11(10)12/h2-5,9,14H,6-7H2,1H3. The Labute approximate surface area is 83.4 Å². The lowest BCUT2D eigenvalue weighted by Crippen LogP contribution is -2.26. The van der Waals surface area contributed by atoms with Crippen molar-refractivity contribution in [1.29, 1.82) is 5.26 Å². The van der Waals surface area contributed by atoms with Crippen LogP contribution in [-0.4, -0.2) is 12.6 Å². The number of nitrogens with one attached hydrogen (secondary N) is 1. The molecule has 0 amide bonds. The third kappa shape index (κ3) is 3.15. The number of hydrogen-bond acceptors (Lipinski definition) is 2. The lowest BCUT2D eigenvalue weighted by molar-refractivity contribution is 0.589. The van der Waals surface area contributed by atoms with Crippen molar-refractivity contribution in [2.75, 3.05) is 6.54 Å². The van der Waals surface area contributed by atoms with E-state index in [1.54, 1.807) is 19.1 Å². The predicted molar refractivity (Wildman–Crippen MR) is 53.2 cm³/mol. The van der Waals surface area contributed by atoms with E-state index in [4.69, 9.17) is 5.26 Å². The molecular weight excluding hydrogens is 179 g/mol. The Morgan fingerprint density at radius 2 is 2.21 bits per heavy atom. The van der Waals surface area contributed by atoms with Gasteiger partial charge in [0.1, 0.15) is 5.82 Å². The van der Waals surface area contributed by atoms with Crippen molar-refractivity contribution in [1.82, 2.24) is 5.32 Å². The van der Waals surface area contributed by atoms with Gasteiger partial charge in [0.15, 0.2) is 0 Å². The molecule has 0 radical (unpaired) electrons. The zero-order valence-electron chi connectivity index (χ0n) is 8.13. The van der Waals surface area contributed by atoms with Gasteiger partial charge in [0.05, 0.1) is 12.1 Å². The largest absolute Gasteiger partial charge is 0.302 e. The van der Waals surface area contributed by atoms with Gasteiger partial charge in [-0.3, -0.25) is 0 Å². The Morgan fingerprint density at radius 3 is 2.86 bits per heavy atom. The van der Waals surface area contributed by atoms with Gasteiger partial charge in [-0.05, 0) is 25.0 Å². The van der Waals surface area contributed by atoms with Crippen molar-refractivity contribution >= 4 is 0 Å². The average Bonchev–Trinajstić information content (AvgIpc) is 2.20. The van der Waals surface area contributed by atoms with E-state index in [1.807, 2.05) is 6.07 Å². The third-order valence-corrected chi connectivity index (χ3v) is 2.00. The van der Waals surface area contributed by atoms with Crippen LogP contribution in [0.15, 0.2) is 24.3 Å². The fraction of sp³-hybridized carbons (Fsp3) is 0.364. The maximum Gasteiger partial charge on any atom is 0.126 e. The molecule has 1 unspecified atom stereocenters. The van der Waals surface area contributed by atoms with E-state index in [1.165, 1.54) is 6.07 Å². The van der Waals surface area contributed by atoms with Crippen LogP contribution in [0, 0.1) is 17.1 Å². The molecule has 0 bridgehead atoms. The Balaban J connectivity index is 2.40. The summed E-state index contributed by atoms with van der Waals surface area (Å²) in [6, 6.07) is 8.57. The van der Waals surface area contributed by atoms with E-state index in [9.17, 15) is 4.39 Å². The number of halogens is 1. The quantitative estimate of drug-likeness (QED) is 0.790. The number of rotatable bonds is 4. The summed E-state index contributed by atoms with van der Waals surface area (Å²) in [7, 11) is 0. The van der Waals surface area contributed by atoms with Crippen LogP contribution in [0.3, 0.4) is 0 Å². The van der Waals surface area contributed by atoms with Gasteiger partial charge < -0.3 is 5.32 Å². The van der Waals surface area contributed by atoms with Crippen LogP contribution >= 0.6 is 0 Å². The molecular formula is C11H13FN2. The summed E-state index contributed by atoms with van der Waals surface area (Å²) < 4.78 is 13.1. The van der Waals surface area contributed by atoms with Gasteiger partial charge in [-0.1, -0.05) is 18.2 Å². The predicted octanol–water partition coefficient (Wildman–Crippen LogP) is 1.87. The topological polar surface area (TPSA) is 35.8 Å². The molecule has 1 atom stereocenters. The second kappa shape index (κ2) is 5.36. The fourth-order valence-electron chi connectivity index (χ4n) is 1.17. The Morgan fingerprint density at radius 1 is 1.50 bits per heavy atom. The molecule has 1 aromatic carbocycles. The second-order valence-electron chi connectivity index (χ2n) is 3.15. The molecule has 0 aliphatic carbocycles. The van der Waals surface area contributed by atoms with Gasteiger partial charge in [0.2, 0.25) is 0 Å². The molecule has 0 saturated carbocycles. The van der Waals surface area contributed by atoms with E-state index in [2.05, 4.69) is 11.4 Å². The second-order valence-corrected chi connectivity index (χ2v) is 3.15. The lowest BCUT2D eigenvalue weighted by Gasteiger charge is -2.06. The highest BCUT2D eigenvalue weighted by Gasteiger charge is 2.01. The van der Waals surface area contributed by atoms with Crippen molar-refractivity contribution in [3.63, 3.8) is 0 Å². The molecule has 0 heterocycles. The number of nitrogens with zero attached hydrogens (tertiary/aromatic N) is 1.